The van der Waals surface area contributed by atoms with E-state index in [9.17, 15) is 29.4 Å². The number of carbonyl (C=O) groups is 1. The van der Waals surface area contributed by atoms with Crippen LogP contribution in [0.3, 0.4) is 0 Å². The van der Waals surface area contributed by atoms with E-state index >= 15 is 0 Å². The molecule has 0 aliphatic carbocycles. The number of hydrogen-bond acceptors (Lipinski definition) is 9. The van der Waals surface area contributed by atoms with E-state index in [0.29, 0.717) is 16.0 Å². The number of benzene rings is 2. The van der Waals surface area contributed by atoms with Crippen LogP contribution in [0.5, 0.6) is 0 Å². The molecule has 160 valence electrons. The summed E-state index contributed by atoms with van der Waals surface area (Å²) in [5.41, 5.74) is -1.23. The second-order valence-corrected chi connectivity index (χ2v) is 7.25. The monoisotopic (exact) mass is 455 g/mol. The van der Waals surface area contributed by atoms with Gasteiger partial charge in [-0.05, 0) is 30.3 Å². The molecule has 2 aromatic heterocycles. The number of nitrogens with zero attached hydrogens (tertiary/aromatic N) is 5. The molecule has 11 nitrogen and oxygen atoms in total. The Hall–Kier alpha value is -4.52. The van der Waals surface area contributed by atoms with Crippen molar-refractivity contribution < 1.29 is 23.4 Å². The molecule has 0 saturated carbocycles. The van der Waals surface area contributed by atoms with Crippen molar-refractivity contribution in [3.05, 3.63) is 92.2 Å². The SMILES string of the molecule is O=C(c1cc([N+](=O)[O-])cc([N+](=O)[O-])c1)N(/N=C/c1ccco1)c1nc2ccc(F)cc2s1. The summed E-state index contributed by atoms with van der Waals surface area (Å²) in [6.07, 6.45) is 2.59. The fourth-order valence-electron chi connectivity index (χ4n) is 2.70. The third kappa shape index (κ3) is 4.17. The van der Waals surface area contributed by atoms with Gasteiger partial charge in [-0.1, -0.05) is 11.3 Å². The molecular weight excluding hydrogens is 445 g/mol. The summed E-state index contributed by atoms with van der Waals surface area (Å²) in [5, 5.41) is 27.3. The van der Waals surface area contributed by atoms with Crippen LogP contribution in [0, 0.1) is 26.0 Å². The Morgan fingerprint density at radius 3 is 2.47 bits per heavy atom. The molecule has 0 atom stereocenters. The van der Waals surface area contributed by atoms with Crippen molar-refractivity contribution in [3.63, 3.8) is 0 Å². The van der Waals surface area contributed by atoms with E-state index in [1.165, 1.54) is 30.7 Å². The van der Waals surface area contributed by atoms with Gasteiger partial charge in [-0.25, -0.2) is 9.37 Å². The Bertz CT molecular complexity index is 1350. The molecule has 0 radical (unpaired) electrons. The van der Waals surface area contributed by atoms with Gasteiger partial charge in [0, 0.05) is 12.1 Å². The fourth-order valence-corrected chi connectivity index (χ4v) is 3.64. The molecule has 0 spiro atoms. The summed E-state index contributed by atoms with van der Waals surface area (Å²) in [7, 11) is 0. The number of hydrogen-bond donors (Lipinski definition) is 0. The van der Waals surface area contributed by atoms with Gasteiger partial charge < -0.3 is 4.42 Å². The Morgan fingerprint density at radius 1 is 1.12 bits per heavy atom. The van der Waals surface area contributed by atoms with Crippen molar-refractivity contribution >= 4 is 50.2 Å². The lowest BCUT2D eigenvalue weighted by Gasteiger charge is -2.13. The molecule has 13 heteroatoms. The number of non-ortho nitro benzene ring substituents is 2. The quantitative estimate of drug-likeness (QED) is 0.236. The fraction of sp³-hybridized carbons (Fsp3) is 0. The maximum Gasteiger partial charge on any atom is 0.281 e. The highest BCUT2D eigenvalue weighted by Crippen LogP contribution is 2.32. The van der Waals surface area contributed by atoms with Crippen molar-refractivity contribution in [2.45, 2.75) is 0 Å². The first-order chi connectivity index (χ1) is 15.3. The highest BCUT2D eigenvalue weighted by molar-refractivity contribution is 7.22. The number of hydrazone groups is 1. The van der Waals surface area contributed by atoms with Gasteiger partial charge in [-0.3, -0.25) is 25.0 Å². The number of nitro benzene ring substituents is 2. The number of rotatable bonds is 6. The number of anilines is 1. The van der Waals surface area contributed by atoms with Crippen LogP contribution in [0.25, 0.3) is 10.2 Å². The number of furan rings is 1. The predicted molar refractivity (Wildman–Crippen MR) is 112 cm³/mol. The summed E-state index contributed by atoms with van der Waals surface area (Å²) in [6.45, 7) is 0. The molecule has 0 unspecified atom stereocenters. The minimum Gasteiger partial charge on any atom is -0.463 e. The van der Waals surface area contributed by atoms with E-state index < -0.39 is 32.9 Å². The van der Waals surface area contributed by atoms with Crippen LogP contribution in [0.2, 0.25) is 0 Å². The van der Waals surface area contributed by atoms with Crippen molar-refractivity contribution in [2.24, 2.45) is 5.10 Å². The maximum atomic E-state index is 13.6. The van der Waals surface area contributed by atoms with Crippen molar-refractivity contribution in [1.29, 1.82) is 0 Å². The van der Waals surface area contributed by atoms with Gasteiger partial charge in [-0.15, -0.1) is 0 Å². The first-order valence-electron chi connectivity index (χ1n) is 8.74. The van der Waals surface area contributed by atoms with Crippen molar-refractivity contribution in [2.75, 3.05) is 5.01 Å². The van der Waals surface area contributed by atoms with Crippen LogP contribution in [-0.2, 0) is 0 Å². The van der Waals surface area contributed by atoms with Crippen LogP contribution in [0.15, 0.2) is 64.3 Å². The smallest absolute Gasteiger partial charge is 0.281 e. The van der Waals surface area contributed by atoms with Gasteiger partial charge in [0.05, 0.1) is 44.2 Å². The lowest BCUT2D eigenvalue weighted by atomic mass is 10.1. The second-order valence-electron chi connectivity index (χ2n) is 6.24. The topological polar surface area (TPSA) is 145 Å². The normalized spacial score (nSPS) is 11.2. The number of carbonyl (C=O) groups excluding carboxylic acids is 1. The second kappa shape index (κ2) is 8.31. The van der Waals surface area contributed by atoms with E-state index in [0.717, 1.165) is 34.5 Å². The lowest BCUT2D eigenvalue weighted by Crippen LogP contribution is -2.25. The Labute approximate surface area is 181 Å². The highest BCUT2D eigenvalue weighted by Gasteiger charge is 2.26. The zero-order chi connectivity index (χ0) is 22.8. The van der Waals surface area contributed by atoms with E-state index in [1.807, 2.05) is 0 Å². The first-order valence-corrected chi connectivity index (χ1v) is 9.55. The number of halogens is 1. The average Bonchev–Trinajstić information content (AvgIpc) is 3.42. The van der Waals surface area contributed by atoms with Gasteiger partial charge in [0.25, 0.3) is 17.3 Å². The number of nitro groups is 2. The predicted octanol–water partition coefficient (Wildman–Crippen LogP) is 4.53. The van der Waals surface area contributed by atoms with E-state index in [2.05, 4.69) is 10.1 Å². The van der Waals surface area contributed by atoms with Gasteiger partial charge in [0.1, 0.15) is 11.6 Å². The lowest BCUT2D eigenvalue weighted by molar-refractivity contribution is -0.394. The summed E-state index contributed by atoms with van der Waals surface area (Å²) in [4.78, 5) is 38.2. The van der Waals surface area contributed by atoms with E-state index in [1.54, 1.807) is 12.1 Å². The molecule has 0 bridgehead atoms. The molecule has 4 rings (SSSR count). The molecule has 0 N–H and O–H groups in total. The Morgan fingerprint density at radius 2 is 1.84 bits per heavy atom. The zero-order valence-corrected chi connectivity index (χ0v) is 16.6. The van der Waals surface area contributed by atoms with Crippen LogP contribution >= 0.6 is 11.3 Å². The Balaban J connectivity index is 1.83. The molecule has 0 aliphatic rings. The zero-order valence-electron chi connectivity index (χ0n) is 15.7. The van der Waals surface area contributed by atoms with Crippen molar-refractivity contribution in [3.8, 4) is 0 Å². The van der Waals surface area contributed by atoms with Gasteiger partial charge >= 0.3 is 0 Å². The molecule has 4 aromatic rings. The third-order valence-corrected chi connectivity index (χ3v) is 5.12. The standard InChI is InChI=1S/C19H10FN5O6S/c20-12-3-4-16-17(8-12)32-19(22-16)23(21-10-15-2-1-5-31-15)18(26)11-6-13(24(27)28)9-14(7-11)25(29)30/h1-10H/b21-10+. The Kier molecular flexibility index (Phi) is 5.39. The van der Waals surface area contributed by atoms with Crippen LogP contribution < -0.4 is 5.01 Å². The first kappa shape index (κ1) is 20.7. The molecule has 0 saturated heterocycles. The van der Waals surface area contributed by atoms with E-state index in [-0.39, 0.29) is 10.7 Å². The molecule has 2 heterocycles. The molecular formula is C19H10FN5O6S. The minimum absolute atomic E-state index is 0.0209. The van der Waals surface area contributed by atoms with Gasteiger partial charge in [-0.2, -0.15) is 10.1 Å². The van der Waals surface area contributed by atoms with Crippen LogP contribution in [0.4, 0.5) is 20.9 Å². The minimum atomic E-state index is -0.917. The van der Waals surface area contributed by atoms with Gasteiger partial charge in [0.15, 0.2) is 0 Å². The van der Waals surface area contributed by atoms with Crippen LogP contribution in [-0.4, -0.2) is 27.0 Å². The van der Waals surface area contributed by atoms with E-state index in [4.69, 9.17) is 4.42 Å². The molecule has 2 aromatic carbocycles. The third-order valence-electron chi connectivity index (χ3n) is 4.13. The summed E-state index contributed by atoms with van der Waals surface area (Å²) in [5.74, 6) is -1.13. The average molecular weight is 455 g/mol. The summed E-state index contributed by atoms with van der Waals surface area (Å²) in [6, 6.07) is 9.56. The summed E-state index contributed by atoms with van der Waals surface area (Å²) >= 11 is 0.943. The molecule has 0 fully saturated rings. The molecule has 32 heavy (non-hydrogen) atoms. The number of amides is 1. The van der Waals surface area contributed by atoms with Gasteiger partial charge in [0.2, 0.25) is 5.13 Å². The van der Waals surface area contributed by atoms with Crippen LogP contribution in [0.1, 0.15) is 16.1 Å². The number of thiazole rings is 1. The maximum absolute atomic E-state index is 13.6. The van der Waals surface area contributed by atoms with Crippen molar-refractivity contribution in [1.82, 2.24) is 4.98 Å². The summed E-state index contributed by atoms with van der Waals surface area (Å²) < 4.78 is 19.1. The largest absolute Gasteiger partial charge is 0.463 e. The molecule has 0 aliphatic heterocycles. The highest BCUT2D eigenvalue weighted by atomic mass is 32.1. The number of aromatic nitrogens is 1. The molecule has 1 amide bonds. The number of fused-ring (bicyclic) bond motifs is 1.